The lowest BCUT2D eigenvalue weighted by molar-refractivity contribution is 0.122. The number of fused-ring (bicyclic) bond motifs is 1. The maximum absolute atomic E-state index is 5.54. The van der Waals surface area contributed by atoms with Crippen molar-refractivity contribution >= 4 is 17.0 Å². The number of rotatable bonds is 4. The first-order valence-electron chi connectivity index (χ1n) is 10.0. The number of anilines is 1. The maximum atomic E-state index is 5.54. The second-order valence-corrected chi connectivity index (χ2v) is 7.46. The summed E-state index contributed by atoms with van der Waals surface area (Å²) >= 11 is 0. The van der Waals surface area contributed by atoms with Gasteiger partial charge in [0.05, 0.1) is 26.7 Å². The molecule has 1 saturated carbocycles. The van der Waals surface area contributed by atoms with Crippen LogP contribution in [0.2, 0.25) is 0 Å². The van der Waals surface area contributed by atoms with Gasteiger partial charge in [-0.05, 0) is 37.1 Å². The van der Waals surface area contributed by atoms with Crippen molar-refractivity contribution in [1.82, 2.24) is 19.5 Å². The lowest BCUT2D eigenvalue weighted by Gasteiger charge is -2.28. The molecule has 146 valence electrons. The molecule has 2 fully saturated rings. The number of benzene rings is 1. The van der Waals surface area contributed by atoms with E-state index in [1.807, 2.05) is 30.6 Å². The Morgan fingerprint density at radius 2 is 1.79 bits per heavy atom. The third-order valence-corrected chi connectivity index (χ3v) is 5.78. The molecule has 0 N–H and O–H groups in total. The third kappa shape index (κ3) is 3.09. The van der Waals surface area contributed by atoms with Crippen molar-refractivity contribution in [3.05, 3.63) is 30.6 Å². The van der Waals surface area contributed by atoms with Crippen molar-refractivity contribution in [2.24, 2.45) is 0 Å². The summed E-state index contributed by atoms with van der Waals surface area (Å²) in [7, 11) is 1.67. The highest BCUT2D eigenvalue weighted by Gasteiger charge is 2.24. The minimum atomic E-state index is 0.487. The second-order valence-electron chi connectivity index (χ2n) is 7.46. The molecule has 0 bridgehead atoms. The molecule has 2 aliphatic rings. The molecule has 5 rings (SSSR count). The van der Waals surface area contributed by atoms with E-state index in [1.165, 1.54) is 25.7 Å². The van der Waals surface area contributed by atoms with Gasteiger partial charge in [-0.25, -0.2) is 15.0 Å². The van der Waals surface area contributed by atoms with Crippen molar-refractivity contribution in [1.29, 1.82) is 0 Å². The number of hydrogen-bond donors (Lipinski definition) is 0. The van der Waals surface area contributed by atoms with E-state index in [0.717, 1.165) is 47.2 Å². The minimum Gasteiger partial charge on any atom is -0.497 e. The van der Waals surface area contributed by atoms with E-state index in [-0.39, 0.29) is 0 Å². The number of hydrogen-bond acceptors (Lipinski definition) is 6. The van der Waals surface area contributed by atoms with Crippen LogP contribution in [-0.2, 0) is 4.74 Å². The number of morpholine rings is 1. The van der Waals surface area contributed by atoms with E-state index in [9.17, 15) is 0 Å². The predicted octanol–water partition coefficient (Wildman–Crippen LogP) is 3.45. The largest absolute Gasteiger partial charge is 0.497 e. The summed E-state index contributed by atoms with van der Waals surface area (Å²) in [6.45, 7) is 3.08. The van der Waals surface area contributed by atoms with Crippen LogP contribution in [0, 0.1) is 0 Å². The van der Waals surface area contributed by atoms with E-state index in [4.69, 9.17) is 24.4 Å². The smallest absolute Gasteiger partial charge is 0.166 e. The molecule has 7 heteroatoms. The molecular weight excluding hydrogens is 354 g/mol. The molecule has 0 spiro atoms. The molecule has 2 aromatic heterocycles. The van der Waals surface area contributed by atoms with Gasteiger partial charge in [0, 0.05) is 24.7 Å². The van der Waals surface area contributed by atoms with E-state index < -0.39 is 0 Å². The first-order valence-corrected chi connectivity index (χ1v) is 10.0. The van der Waals surface area contributed by atoms with Gasteiger partial charge in [0.2, 0.25) is 0 Å². The van der Waals surface area contributed by atoms with Gasteiger partial charge in [0.1, 0.15) is 5.75 Å². The van der Waals surface area contributed by atoms with Crippen LogP contribution < -0.4 is 9.64 Å². The normalized spacial score (nSPS) is 18.1. The van der Waals surface area contributed by atoms with Gasteiger partial charge in [-0.15, -0.1) is 0 Å². The number of methoxy groups -OCH3 is 1. The molecule has 7 nitrogen and oxygen atoms in total. The average Bonchev–Trinajstić information content (AvgIpc) is 3.43. The highest BCUT2D eigenvalue weighted by Crippen LogP contribution is 2.34. The Bertz CT molecular complexity index is 957. The van der Waals surface area contributed by atoms with Crippen molar-refractivity contribution in [3.8, 4) is 17.1 Å². The maximum Gasteiger partial charge on any atom is 0.166 e. The van der Waals surface area contributed by atoms with Gasteiger partial charge in [-0.1, -0.05) is 12.8 Å². The molecule has 1 aromatic carbocycles. The Morgan fingerprint density at radius 3 is 2.50 bits per heavy atom. The lowest BCUT2D eigenvalue weighted by Crippen LogP contribution is -2.37. The molecule has 3 heterocycles. The van der Waals surface area contributed by atoms with Crippen LogP contribution in [0.15, 0.2) is 30.6 Å². The van der Waals surface area contributed by atoms with Crippen LogP contribution in [0.3, 0.4) is 0 Å². The average molecular weight is 379 g/mol. The van der Waals surface area contributed by atoms with Crippen molar-refractivity contribution in [2.45, 2.75) is 31.7 Å². The predicted molar refractivity (Wildman–Crippen MR) is 108 cm³/mol. The van der Waals surface area contributed by atoms with Gasteiger partial charge < -0.3 is 18.9 Å². The van der Waals surface area contributed by atoms with Gasteiger partial charge in [-0.2, -0.15) is 0 Å². The summed E-state index contributed by atoms with van der Waals surface area (Å²) in [4.78, 5) is 16.9. The Balaban J connectivity index is 1.65. The van der Waals surface area contributed by atoms with E-state index in [1.54, 1.807) is 7.11 Å². The topological polar surface area (TPSA) is 65.3 Å². The monoisotopic (exact) mass is 379 g/mol. The fourth-order valence-corrected chi connectivity index (χ4v) is 4.22. The number of imidazole rings is 1. The molecule has 1 aliphatic heterocycles. The molecule has 1 saturated heterocycles. The zero-order valence-electron chi connectivity index (χ0n) is 16.2. The molecule has 0 unspecified atom stereocenters. The van der Waals surface area contributed by atoms with Crippen molar-refractivity contribution < 1.29 is 9.47 Å². The molecule has 0 radical (unpaired) electrons. The molecule has 0 amide bonds. The SMILES string of the molecule is COc1ccc(-c2nc(N3CCOCC3)c3ncn(C4CCCC4)c3n2)cc1. The highest BCUT2D eigenvalue weighted by molar-refractivity contribution is 5.86. The Morgan fingerprint density at radius 1 is 1.04 bits per heavy atom. The lowest BCUT2D eigenvalue weighted by atomic mass is 10.2. The zero-order chi connectivity index (χ0) is 18.9. The van der Waals surface area contributed by atoms with Gasteiger partial charge in [-0.3, -0.25) is 0 Å². The van der Waals surface area contributed by atoms with Crippen LogP contribution >= 0.6 is 0 Å². The number of ether oxygens (including phenoxy) is 2. The zero-order valence-corrected chi connectivity index (χ0v) is 16.2. The Labute approximate surface area is 164 Å². The number of nitrogens with zero attached hydrogens (tertiary/aromatic N) is 5. The number of aromatic nitrogens is 4. The van der Waals surface area contributed by atoms with Gasteiger partial charge in [0.15, 0.2) is 22.8 Å². The summed E-state index contributed by atoms with van der Waals surface area (Å²) in [5.74, 6) is 2.47. The fourth-order valence-electron chi connectivity index (χ4n) is 4.22. The van der Waals surface area contributed by atoms with Crippen LogP contribution in [0.25, 0.3) is 22.6 Å². The second kappa shape index (κ2) is 7.39. The summed E-state index contributed by atoms with van der Waals surface area (Å²) in [6.07, 6.45) is 6.89. The van der Waals surface area contributed by atoms with E-state index in [0.29, 0.717) is 19.3 Å². The summed E-state index contributed by atoms with van der Waals surface area (Å²) in [5, 5.41) is 0. The molecule has 0 atom stereocenters. The molecule has 3 aromatic rings. The Kier molecular flexibility index (Phi) is 4.60. The molecule has 28 heavy (non-hydrogen) atoms. The Hall–Kier alpha value is -2.67. The minimum absolute atomic E-state index is 0.487. The molecule has 1 aliphatic carbocycles. The van der Waals surface area contributed by atoms with Crippen LogP contribution in [0.1, 0.15) is 31.7 Å². The highest BCUT2D eigenvalue weighted by atomic mass is 16.5. The first kappa shape index (κ1) is 17.4. The summed E-state index contributed by atoms with van der Waals surface area (Å²) in [5.41, 5.74) is 2.82. The summed E-state index contributed by atoms with van der Waals surface area (Å²) < 4.78 is 13.1. The van der Waals surface area contributed by atoms with Crippen molar-refractivity contribution in [2.75, 3.05) is 38.3 Å². The standard InChI is InChI=1S/C21H25N5O2/c1-27-17-8-6-15(7-9-17)19-23-20(25-10-12-28-13-11-25)18-21(24-19)26(14-22-18)16-4-2-3-5-16/h6-9,14,16H,2-5,10-13H2,1H3. The van der Waals surface area contributed by atoms with Crippen LogP contribution in [0.5, 0.6) is 5.75 Å². The van der Waals surface area contributed by atoms with E-state index in [2.05, 4.69) is 9.47 Å². The molecular formula is C21H25N5O2. The van der Waals surface area contributed by atoms with E-state index >= 15 is 0 Å². The van der Waals surface area contributed by atoms with Crippen LogP contribution in [0.4, 0.5) is 5.82 Å². The fraction of sp³-hybridized carbons (Fsp3) is 0.476. The quantitative estimate of drug-likeness (QED) is 0.692. The third-order valence-electron chi connectivity index (χ3n) is 5.78. The summed E-state index contributed by atoms with van der Waals surface area (Å²) in [6, 6.07) is 8.41. The van der Waals surface area contributed by atoms with Gasteiger partial charge >= 0.3 is 0 Å². The van der Waals surface area contributed by atoms with Crippen molar-refractivity contribution in [3.63, 3.8) is 0 Å². The first-order chi connectivity index (χ1) is 13.8. The van der Waals surface area contributed by atoms with Gasteiger partial charge in [0.25, 0.3) is 0 Å². The van der Waals surface area contributed by atoms with Crippen LogP contribution in [-0.4, -0.2) is 52.9 Å².